The first-order chi connectivity index (χ1) is 11.9. The van der Waals surface area contributed by atoms with Crippen molar-refractivity contribution in [2.45, 2.75) is 6.10 Å². The van der Waals surface area contributed by atoms with Crippen LogP contribution in [0.1, 0.15) is 0 Å². The van der Waals surface area contributed by atoms with Gasteiger partial charge in [-0.2, -0.15) is 26.3 Å². The number of para-hydroxylation sites is 2. The van der Waals surface area contributed by atoms with Crippen LogP contribution in [0.5, 0.6) is 11.5 Å². The van der Waals surface area contributed by atoms with Crippen LogP contribution in [0.4, 0.5) is 0 Å². The second-order valence-corrected chi connectivity index (χ2v) is 6.87. The molecule has 0 amide bonds. The molecule has 1 aromatic rings. The second kappa shape index (κ2) is 13.7. The molecule has 26 heavy (non-hydrogen) atoms. The molecule has 1 unspecified atom stereocenters. The van der Waals surface area contributed by atoms with E-state index >= 15 is 0 Å². The highest BCUT2D eigenvalue weighted by atomic mass is 32.2. The predicted octanol–water partition coefficient (Wildman–Crippen LogP) is -1.56. The Morgan fingerprint density at radius 2 is 1.38 bits per heavy atom. The monoisotopic (exact) mass is 420 g/mol. The van der Waals surface area contributed by atoms with Gasteiger partial charge in [0, 0.05) is 14.1 Å². The standard InChI is InChI=1S/C10H14O4.2CH5NO3S/c1-13-9-4-2-3-5-10(9)14-7-8(12)6-11;2*1-2-6(3,4)5/h2-5,8,11-12H,6-7H2,1H3;2*2H,1H3,(H,3,4,5). The molecule has 0 fully saturated rings. The quantitative estimate of drug-likeness (QED) is 0.281. The van der Waals surface area contributed by atoms with Crippen LogP contribution in [0.2, 0.25) is 0 Å². The number of hydrogen-bond acceptors (Lipinski definition) is 8. The highest BCUT2D eigenvalue weighted by molar-refractivity contribution is 7.84. The van der Waals surface area contributed by atoms with Crippen LogP contribution >= 0.6 is 0 Å². The first kappa shape index (κ1) is 26.7. The lowest BCUT2D eigenvalue weighted by atomic mass is 10.3. The lowest BCUT2D eigenvalue weighted by Gasteiger charge is -2.12. The molecule has 0 saturated heterocycles. The fourth-order valence-corrected chi connectivity index (χ4v) is 0.977. The van der Waals surface area contributed by atoms with Gasteiger partial charge in [0.2, 0.25) is 0 Å². The Morgan fingerprint density at radius 1 is 1.00 bits per heavy atom. The molecule has 1 atom stereocenters. The smallest absolute Gasteiger partial charge is 0.333 e. The molecular formula is C12H24N2O10S2. The summed E-state index contributed by atoms with van der Waals surface area (Å²) in [5, 5.41) is 17.6. The van der Waals surface area contributed by atoms with Crippen molar-refractivity contribution in [3.8, 4) is 11.5 Å². The highest BCUT2D eigenvalue weighted by Gasteiger charge is 2.06. The van der Waals surface area contributed by atoms with Gasteiger partial charge < -0.3 is 19.7 Å². The highest BCUT2D eigenvalue weighted by Crippen LogP contribution is 2.25. The van der Waals surface area contributed by atoms with Crippen LogP contribution in [0.25, 0.3) is 0 Å². The van der Waals surface area contributed by atoms with Gasteiger partial charge >= 0.3 is 20.6 Å². The predicted molar refractivity (Wildman–Crippen MR) is 92.8 cm³/mol. The zero-order valence-electron chi connectivity index (χ0n) is 14.4. The number of aliphatic hydroxyl groups is 2. The minimum atomic E-state index is -3.91. The zero-order valence-corrected chi connectivity index (χ0v) is 16.0. The van der Waals surface area contributed by atoms with Crippen LogP contribution in [-0.4, -0.2) is 76.7 Å². The summed E-state index contributed by atoms with van der Waals surface area (Å²) in [4.78, 5) is 0. The summed E-state index contributed by atoms with van der Waals surface area (Å²) >= 11 is 0. The first-order valence-corrected chi connectivity index (χ1v) is 9.64. The topological polar surface area (TPSA) is 192 Å². The van der Waals surface area contributed by atoms with E-state index < -0.39 is 26.7 Å². The van der Waals surface area contributed by atoms with E-state index in [1.165, 1.54) is 0 Å². The number of hydrogen-bond donors (Lipinski definition) is 6. The molecule has 0 saturated carbocycles. The van der Waals surface area contributed by atoms with Gasteiger partial charge in [-0.3, -0.25) is 9.11 Å². The van der Waals surface area contributed by atoms with Gasteiger partial charge in [0.05, 0.1) is 13.7 Å². The van der Waals surface area contributed by atoms with Crippen molar-refractivity contribution in [1.82, 2.24) is 9.44 Å². The van der Waals surface area contributed by atoms with Crippen LogP contribution in [0, 0.1) is 0 Å². The summed E-state index contributed by atoms with van der Waals surface area (Å²) in [6.45, 7) is -0.258. The molecule has 6 N–H and O–H groups in total. The van der Waals surface area contributed by atoms with Gasteiger partial charge in [0.1, 0.15) is 12.7 Å². The first-order valence-electron chi connectivity index (χ1n) is 6.76. The summed E-state index contributed by atoms with van der Waals surface area (Å²) in [6.07, 6.45) is -0.861. The van der Waals surface area contributed by atoms with E-state index in [1.54, 1.807) is 28.7 Å². The van der Waals surface area contributed by atoms with Gasteiger partial charge in [-0.25, -0.2) is 0 Å². The van der Waals surface area contributed by atoms with Gasteiger partial charge in [-0.05, 0) is 12.1 Å². The van der Waals surface area contributed by atoms with Crippen molar-refractivity contribution in [2.24, 2.45) is 0 Å². The maximum atomic E-state index is 9.44. The molecule has 0 bridgehead atoms. The van der Waals surface area contributed by atoms with Gasteiger partial charge in [0.15, 0.2) is 11.5 Å². The van der Waals surface area contributed by atoms with Gasteiger partial charge in [0.25, 0.3) is 0 Å². The third kappa shape index (κ3) is 17.3. The van der Waals surface area contributed by atoms with Crippen molar-refractivity contribution in [1.29, 1.82) is 0 Å². The molecule has 0 radical (unpaired) electrons. The number of aliphatic hydroxyl groups excluding tert-OH is 2. The molecule has 1 aromatic carbocycles. The normalized spacial score (nSPS) is 12.0. The molecule has 0 aromatic heterocycles. The molecule has 0 heterocycles. The largest absolute Gasteiger partial charge is 0.493 e. The van der Waals surface area contributed by atoms with Gasteiger partial charge in [-0.15, -0.1) is 0 Å². The van der Waals surface area contributed by atoms with Crippen LogP contribution in [0.15, 0.2) is 24.3 Å². The van der Waals surface area contributed by atoms with Crippen molar-refractivity contribution >= 4 is 20.6 Å². The van der Waals surface area contributed by atoms with Crippen molar-refractivity contribution in [3.63, 3.8) is 0 Å². The number of ether oxygens (including phenoxy) is 2. The summed E-state index contributed by atoms with van der Waals surface area (Å²) < 4.78 is 66.7. The van der Waals surface area contributed by atoms with E-state index in [4.69, 9.17) is 28.8 Å². The lowest BCUT2D eigenvalue weighted by Crippen LogP contribution is -2.21. The Morgan fingerprint density at radius 3 is 1.69 bits per heavy atom. The summed E-state index contributed by atoms with van der Waals surface area (Å²) in [6, 6.07) is 7.14. The third-order valence-electron chi connectivity index (χ3n) is 2.23. The number of nitrogens with one attached hydrogen (secondary N) is 2. The van der Waals surface area contributed by atoms with Crippen molar-refractivity contribution in [2.75, 3.05) is 34.4 Å². The van der Waals surface area contributed by atoms with E-state index in [-0.39, 0.29) is 13.2 Å². The fraction of sp³-hybridized carbons (Fsp3) is 0.500. The number of methoxy groups -OCH3 is 1. The molecule has 0 aliphatic carbocycles. The molecular weight excluding hydrogens is 396 g/mol. The summed E-state index contributed by atoms with van der Waals surface area (Å²) in [5.41, 5.74) is 0. The second-order valence-electron chi connectivity index (χ2n) is 4.16. The molecule has 154 valence electrons. The van der Waals surface area contributed by atoms with E-state index in [1.807, 2.05) is 12.1 Å². The lowest BCUT2D eigenvalue weighted by molar-refractivity contribution is 0.0527. The molecule has 12 nitrogen and oxygen atoms in total. The number of benzene rings is 1. The SMILES string of the molecule is CNS(=O)(=O)O.CNS(=O)(=O)O.COc1ccccc1OCC(O)CO. The molecule has 1 rings (SSSR count). The molecule has 0 spiro atoms. The van der Waals surface area contributed by atoms with Crippen LogP contribution in [0.3, 0.4) is 0 Å². The van der Waals surface area contributed by atoms with E-state index in [0.717, 1.165) is 14.1 Å². The summed E-state index contributed by atoms with van der Waals surface area (Å²) in [5.74, 6) is 1.17. The minimum absolute atomic E-state index is 0.0525. The fourth-order valence-electron chi connectivity index (χ4n) is 0.977. The zero-order chi connectivity index (χ0) is 20.8. The molecule has 14 heteroatoms. The van der Waals surface area contributed by atoms with E-state index in [2.05, 4.69) is 0 Å². The Hall–Kier alpha value is -1.52. The van der Waals surface area contributed by atoms with E-state index in [0.29, 0.717) is 11.5 Å². The Balaban J connectivity index is 0. The van der Waals surface area contributed by atoms with Crippen molar-refractivity contribution < 1.29 is 45.6 Å². The third-order valence-corrected chi connectivity index (χ3v) is 3.26. The maximum absolute atomic E-state index is 9.44. The van der Waals surface area contributed by atoms with Crippen molar-refractivity contribution in [3.05, 3.63) is 24.3 Å². The van der Waals surface area contributed by atoms with Crippen LogP contribution < -0.4 is 18.9 Å². The minimum Gasteiger partial charge on any atom is -0.493 e. The number of rotatable bonds is 7. The maximum Gasteiger partial charge on any atom is 0.333 e. The van der Waals surface area contributed by atoms with Crippen LogP contribution in [-0.2, 0) is 20.6 Å². The average molecular weight is 420 g/mol. The molecule has 0 aliphatic heterocycles. The molecule has 0 aliphatic rings. The Bertz CT molecular complexity index is 662. The van der Waals surface area contributed by atoms with Gasteiger partial charge in [-0.1, -0.05) is 12.1 Å². The Labute approximate surface area is 152 Å². The van der Waals surface area contributed by atoms with E-state index in [9.17, 15) is 16.8 Å². The summed E-state index contributed by atoms with van der Waals surface area (Å²) in [7, 11) is -4.04. The Kier molecular flexibility index (Phi) is 14.0. The average Bonchev–Trinajstić information content (AvgIpc) is 2.59.